The number of benzene rings is 2. The van der Waals surface area contributed by atoms with E-state index in [4.69, 9.17) is 9.47 Å². The van der Waals surface area contributed by atoms with Gasteiger partial charge in [0.15, 0.2) is 11.5 Å². The molecule has 1 N–H and O–H groups in total. The van der Waals surface area contributed by atoms with Crippen LogP contribution >= 0.6 is 15.9 Å². The van der Waals surface area contributed by atoms with Crippen LogP contribution in [0.4, 0.5) is 0 Å². The molecular weight excluding hydrogens is 402 g/mol. The lowest BCUT2D eigenvalue weighted by Crippen LogP contribution is -2.15. The predicted molar refractivity (Wildman–Crippen MR) is 117 cm³/mol. The molecular formula is C23H32BrNO2. The van der Waals surface area contributed by atoms with Gasteiger partial charge in [0, 0.05) is 11.0 Å². The van der Waals surface area contributed by atoms with Crippen molar-refractivity contribution in [3.8, 4) is 11.5 Å². The fraction of sp³-hybridized carbons (Fsp3) is 0.478. The van der Waals surface area contributed by atoms with Gasteiger partial charge in [-0.25, -0.2) is 0 Å². The first-order valence-corrected chi connectivity index (χ1v) is 10.7. The molecule has 0 fully saturated rings. The van der Waals surface area contributed by atoms with Crippen LogP contribution in [0.15, 0.2) is 40.9 Å². The van der Waals surface area contributed by atoms with Gasteiger partial charge in [0.2, 0.25) is 0 Å². The first kappa shape index (κ1) is 21.8. The lowest BCUT2D eigenvalue weighted by atomic mass is 10.1. The third-order valence-corrected chi connectivity index (χ3v) is 5.32. The monoisotopic (exact) mass is 433 g/mol. The predicted octanol–water partition coefficient (Wildman–Crippen LogP) is 6.41. The molecule has 0 aliphatic heterocycles. The number of rotatable bonds is 12. The van der Waals surface area contributed by atoms with Gasteiger partial charge in [-0.15, -0.1) is 0 Å². The van der Waals surface area contributed by atoms with Gasteiger partial charge >= 0.3 is 0 Å². The number of unbranched alkanes of at least 4 members (excludes halogenated alkanes) is 4. The normalized spacial score (nSPS) is 10.8. The summed E-state index contributed by atoms with van der Waals surface area (Å²) in [4.78, 5) is 0. The molecule has 0 aliphatic rings. The smallest absolute Gasteiger partial charge is 0.162 e. The summed E-state index contributed by atoms with van der Waals surface area (Å²) in [6.45, 7) is 6.73. The molecule has 2 rings (SSSR count). The highest BCUT2D eigenvalue weighted by atomic mass is 79.9. The van der Waals surface area contributed by atoms with Gasteiger partial charge in [-0.1, -0.05) is 78.4 Å². The number of hydrogen-bond acceptors (Lipinski definition) is 3. The molecule has 0 radical (unpaired) electrons. The highest BCUT2D eigenvalue weighted by molar-refractivity contribution is 9.10. The van der Waals surface area contributed by atoms with Crippen molar-refractivity contribution >= 4 is 15.9 Å². The van der Waals surface area contributed by atoms with Crippen molar-refractivity contribution in [3.63, 3.8) is 0 Å². The molecule has 27 heavy (non-hydrogen) atoms. The maximum absolute atomic E-state index is 6.01. The van der Waals surface area contributed by atoms with E-state index in [9.17, 15) is 0 Å². The van der Waals surface area contributed by atoms with Crippen LogP contribution in [0.25, 0.3) is 0 Å². The van der Waals surface area contributed by atoms with E-state index >= 15 is 0 Å². The van der Waals surface area contributed by atoms with E-state index in [0.717, 1.165) is 34.6 Å². The molecule has 4 heteroatoms. The zero-order chi connectivity index (χ0) is 19.5. The second kappa shape index (κ2) is 12.0. The Hall–Kier alpha value is -1.52. The summed E-state index contributed by atoms with van der Waals surface area (Å²) in [6.07, 6.45) is 6.50. The van der Waals surface area contributed by atoms with Gasteiger partial charge in [-0.05, 0) is 43.1 Å². The van der Waals surface area contributed by atoms with Gasteiger partial charge in [0.25, 0.3) is 0 Å². The Bertz CT molecular complexity index is 703. The molecule has 2 aromatic carbocycles. The summed E-state index contributed by atoms with van der Waals surface area (Å²) >= 11 is 3.68. The zero-order valence-electron chi connectivity index (χ0n) is 16.8. The van der Waals surface area contributed by atoms with E-state index in [1.54, 1.807) is 7.11 Å². The van der Waals surface area contributed by atoms with E-state index in [2.05, 4.69) is 65.4 Å². The molecule has 2 aromatic rings. The van der Waals surface area contributed by atoms with Crippen molar-refractivity contribution in [2.24, 2.45) is 0 Å². The SMILES string of the molecule is CCCCCCCNCc1cc(OC)c(OCc2cccc(C)c2)cc1Br. The summed E-state index contributed by atoms with van der Waals surface area (Å²) in [5, 5.41) is 3.53. The van der Waals surface area contributed by atoms with E-state index in [1.165, 1.54) is 43.2 Å². The minimum absolute atomic E-state index is 0.528. The van der Waals surface area contributed by atoms with Crippen LogP contribution in [-0.4, -0.2) is 13.7 Å². The molecule has 0 aliphatic carbocycles. The van der Waals surface area contributed by atoms with Gasteiger partial charge < -0.3 is 14.8 Å². The Kier molecular flexibility index (Phi) is 9.71. The Morgan fingerprint density at radius 3 is 2.56 bits per heavy atom. The first-order valence-electron chi connectivity index (χ1n) is 9.89. The Balaban J connectivity index is 1.89. The Morgan fingerprint density at radius 1 is 1.00 bits per heavy atom. The van der Waals surface area contributed by atoms with Crippen LogP contribution in [0.2, 0.25) is 0 Å². The maximum atomic E-state index is 6.01. The van der Waals surface area contributed by atoms with Gasteiger partial charge in [0.05, 0.1) is 7.11 Å². The van der Waals surface area contributed by atoms with Crippen LogP contribution in [0.3, 0.4) is 0 Å². The summed E-state index contributed by atoms with van der Waals surface area (Å²) < 4.78 is 12.6. The van der Waals surface area contributed by atoms with Crippen molar-refractivity contribution in [1.82, 2.24) is 5.32 Å². The molecule has 0 saturated carbocycles. The zero-order valence-corrected chi connectivity index (χ0v) is 18.4. The van der Waals surface area contributed by atoms with Crippen LogP contribution in [0.1, 0.15) is 55.7 Å². The number of nitrogens with one attached hydrogen (secondary N) is 1. The van der Waals surface area contributed by atoms with Crippen LogP contribution in [0, 0.1) is 6.92 Å². The van der Waals surface area contributed by atoms with Gasteiger partial charge in [-0.3, -0.25) is 0 Å². The first-order chi connectivity index (χ1) is 13.1. The summed E-state index contributed by atoms with van der Waals surface area (Å²) in [5.41, 5.74) is 3.57. The van der Waals surface area contributed by atoms with Gasteiger partial charge in [-0.2, -0.15) is 0 Å². The largest absolute Gasteiger partial charge is 0.493 e. The molecule has 0 unspecified atom stereocenters. The molecule has 0 aromatic heterocycles. The molecule has 0 heterocycles. The second-order valence-corrected chi connectivity index (χ2v) is 7.82. The van der Waals surface area contributed by atoms with Crippen molar-refractivity contribution < 1.29 is 9.47 Å². The van der Waals surface area contributed by atoms with E-state index < -0.39 is 0 Å². The molecule has 0 amide bonds. The number of hydrogen-bond donors (Lipinski definition) is 1. The van der Waals surface area contributed by atoms with E-state index in [-0.39, 0.29) is 0 Å². The summed E-state index contributed by atoms with van der Waals surface area (Å²) in [5.74, 6) is 1.53. The molecule has 0 bridgehead atoms. The lowest BCUT2D eigenvalue weighted by Gasteiger charge is -2.15. The number of aryl methyl sites for hydroxylation is 1. The maximum Gasteiger partial charge on any atom is 0.162 e. The Labute approximate surface area is 172 Å². The molecule has 0 spiro atoms. The van der Waals surface area contributed by atoms with Gasteiger partial charge in [0.1, 0.15) is 6.61 Å². The summed E-state index contributed by atoms with van der Waals surface area (Å²) in [6, 6.07) is 12.4. The lowest BCUT2D eigenvalue weighted by molar-refractivity contribution is 0.284. The Morgan fingerprint density at radius 2 is 1.81 bits per heavy atom. The van der Waals surface area contributed by atoms with E-state index in [1.807, 2.05) is 6.07 Å². The minimum Gasteiger partial charge on any atom is -0.493 e. The number of ether oxygens (including phenoxy) is 2. The summed E-state index contributed by atoms with van der Waals surface area (Å²) in [7, 11) is 1.69. The average molecular weight is 434 g/mol. The van der Waals surface area contributed by atoms with E-state index in [0.29, 0.717) is 6.61 Å². The quantitative estimate of drug-likeness (QED) is 0.392. The molecule has 0 saturated heterocycles. The van der Waals surface area contributed by atoms with Crippen LogP contribution in [0.5, 0.6) is 11.5 Å². The second-order valence-electron chi connectivity index (χ2n) is 6.96. The highest BCUT2D eigenvalue weighted by Crippen LogP contribution is 2.34. The third-order valence-electron chi connectivity index (χ3n) is 4.58. The van der Waals surface area contributed by atoms with Crippen molar-refractivity contribution in [2.75, 3.05) is 13.7 Å². The molecule has 3 nitrogen and oxygen atoms in total. The van der Waals surface area contributed by atoms with Crippen LogP contribution in [-0.2, 0) is 13.2 Å². The van der Waals surface area contributed by atoms with Crippen molar-refractivity contribution in [2.45, 2.75) is 59.1 Å². The highest BCUT2D eigenvalue weighted by Gasteiger charge is 2.10. The van der Waals surface area contributed by atoms with Crippen molar-refractivity contribution in [3.05, 3.63) is 57.6 Å². The molecule has 0 atom stereocenters. The fourth-order valence-corrected chi connectivity index (χ4v) is 3.49. The third kappa shape index (κ3) is 7.55. The van der Waals surface area contributed by atoms with Crippen molar-refractivity contribution in [1.29, 1.82) is 0 Å². The standard InChI is InChI=1S/C23H32BrNO2/c1-4-5-6-7-8-12-25-16-20-14-22(26-3)23(15-21(20)24)27-17-19-11-9-10-18(2)13-19/h9-11,13-15,25H,4-8,12,16-17H2,1-3H3. The van der Waals surface area contributed by atoms with Crippen LogP contribution < -0.4 is 14.8 Å². The minimum atomic E-state index is 0.528. The number of halogens is 1. The molecule has 148 valence electrons. The topological polar surface area (TPSA) is 30.5 Å². The fourth-order valence-electron chi connectivity index (χ4n) is 3.02. The number of methoxy groups -OCH3 is 1. The average Bonchev–Trinajstić information content (AvgIpc) is 2.67.